The number of esters is 6. The van der Waals surface area contributed by atoms with Crippen LogP contribution in [-0.4, -0.2) is 85.3 Å². The number of rotatable bonds is 6. The first-order valence-corrected chi connectivity index (χ1v) is 15.0. The van der Waals surface area contributed by atoms with Crippen molar-refractivity contribution in [3.8, 4) is 0 Å². The number of hydrogen-bond acceptors (Lipinski definition) is 14. The fraction of sp³-hybridized carbons (Fsp3) is 0.656. The second-order valence-electron chi connectivity index (χ2n) is 13.2. The SMILES string of the molecule is COC(=O)[C@@]12OC[C@]34[C@H]([C@@H](OC(C)=O)[C@@H]1OC(C)=O)[C@@]1(C)CC(=O)C(OC(C)=O)=C(C)[C@@H]1C[C@H]3OC(=O)[C@H](OC(=O)C=C(C)C)[C@@H]24. The molecule has 2 bridgehead atoms. The highest BCUT2D eigenvalue weighted by molar-refractivity contribution is 5.98. The Morgan fingerprint density at radius 3 is 2.13 bits per heavy atom. The van der Waals surface area contributed by atoms with Gasteiger partial charge in [0.1, 0.15) is 12.2 Å². The van der Waals surface area contributed by atoms with Crippen LogP contribution in [0.4, 0.5) is 0 Å². The molecular formula is C32H38O14. The maximum Gasteiger partial charge on any atom is 0.348 e. The van der Waals surface area contributed by atoms with Gasteiger partial charge in [-0.25, -0.2) is 14.4 Å². The lowest BCUT2D eigenvalue weighted by atomic mass is 9.38. The summed E-state index contributed by atoms with van der Waals surface area (Å²) in [7, 11) is 1.08. The number of carbonyl (C=O) groups excluding carboxylic acids is 7. The number of allylic oxidation sites excluding steroid dienone is 3. The maximum atomic E-state index is 14.0. The van der Waals surface area contributed by atoms with Crippen molar-refractivity contribution >= 4 is 41.6 Å². The van der Waals surface area contributed by atoms with Crippen molar-refractivity contribution in [1.29, 1.82) is 0 Å². The van der Waals surface area contributed by atoms with E-state index in [1.165, 1.54) is 13.0 Å². The Bertz CT molecular complexity index is 1490. The molecule has 14 heteroatoms. The third kappa shape index (κ3) is 4.66. The first-order chi connectivity index (χ1) is 21.4. The fourth-order valence-electron chi connectivity index (χ4n) is 9.12. The van der Waals surface area contributed by atoms with Crippen LogP contribution < -0.4 is 0 Å². The molecule has 0 unspecified atom stereocenters. The van der Waals surface area contributed by atoms with E-state index >= 15 is 0 Å². The van der Waals surface area contributed by atoms with Gasteiger partial charge in [-0.3, -0.25) is 19.2 Å². The Hall–Kier alpha value is -4.07. The van der Waals surface area contributed by atoms with Crippen LogP contribution >= 0.6 is 0 Å². The molecule has 2 saturated carbocycles. The third-order valence-electron chi connectivity index (χ3n) is 10.3. The zero-order valence-corrected chi connectivity index (χ0v) is 27.0. The van der Waals surface area contributed by atoms with Gasteiger partial charge in [-0.15, -0.1) is 0 Å². The Morgan fingerprint density at radius 2 is 1.57 bits per heavy atom. The zero-order valence-electron chi connectivity index (χ0n) is 27.0. The minimum absolute atomic E-state index is 0.0966. The first kappa shape index (κ1) is 33.3. The van der Waals surface area contributed by atoms with Crippen molar-refractivity contribution < 1.29 is 66.7 Å². The van der Waals surface area contributed by atoms with E-state index in [9.17, 15) is 33.6 Å². The molecule has 3 aliphatic carbocycles. The molecule has 14 nitrogen and oxygen atoms in total. The molecule has 4 fully saturated rings. The summed E-state index contributed by atoms with van der Waals surface area (Å²) in [6.07, 6.45) is -4.85. The van der Waals surface area contributed by atoms with Gasteiger partial charge in [-0.1, -0.05) is 12.5 Å². The molecule has 5 rings (SSSR count). The summed E-state index contributed by atoms with van der Waals surface area (Å²) in [6, 6.07) is 0. The minimum Gasteiger partial charge on any atom is -0.467 e. The average molecular weight is 647 g/mol. The molecule has 250 valence electrons. The molecule has 0 radical (unpaired) electrons. The van der Waals surface area contributed by atoms with E-state index < -0.39 is 100 Å². The summed E-state index contributed by atoms with van der Waals surface area (Å²) < 4.78 is 40.4. The third-order valence-corrected chi connectivity index (χ3v) is 10.3. The number of Topliss-reactive ketones (excluding diaryl/α,β-unsaturated/α-hetero) is 1. The molecule has 0 N–H and O–H groups in total. The number of methoxy groups -OCH3 is 1. The van der Waals surface area contributed by atoms with Crippen LogP contribution in [0.15, 0.2) is 23.0 Å². The number of ether oxygens (including phenoxy) is 7. The molecule has 5 aliphatic rings. The van der Waals surface area contributed by atoms with E-state index in [2.05, 4.69) is 0 Å². The molecule has 0 aromatic rings. The van der Waals surface area contributed by atoms with Crippen molar-refractivity contribution in [3.05, 3.63) is 23.0 Å². The van der Waals surface area contributed by atoms with E-state index in [0.717, 1.165) is 21.0 Å². The predicted octanol–water partition coefficient (Wildman–Crippen LogP) is 1.66. The Labute approximate surface area is 265 Å². The molecule has 2 saturated heterocycles. The number of carbonyl (C=O) groups is 7. The van der Waals surface area contributed by atoms with Crippen LogP contribution in [0.2, 0.25) is 0 Å². The minimum atomic E-state index is -2.29. The molecule has 10 atom stereocenters. The highest BCUT2D eigenvalue weighted by Crippen LogP contribution is 2.73. The van der Waals surface area contributed by atoms with Gasteiger partial charge in [-0.2, -0.15) is 0 Å². The molecule has 0 aromatic heterocycles. The summed E-state index contributed by atoms with van der Waals surface area (Å²) in [5, 5.41) is 0. The van der Waals surface area contributed by atoms with Crippen LogP contribution in [0.1, 0.15) is 61.3 Å². The summed E-state index contributed by atoms with van der Waals surface area (Å²) >= 11 is 0. The van der Waals surface area contributed by atoms with Gasteiger partial charge >= 0.3 is 35.8 Å². The summed E-state index contributed by atoms with van der Waals surface area (Å²) in [5.41, 5.74) is -3.85. The van der Waals surface area contributed by atoms with E-state index in [1.54, 1.807) is 27.7 Å². The Balaban J connectivity index is 1.83. The van der Waals surface area contributed by atoms with Gasteiger partial charge in [0.2, 0.25) is 11.7 Å². The second-order valence-corrected chi connectivity index (χ2v) is 13.2. The van der Waals surface area contributed by atoms with Crippen molar-refractivity contribution in [1.82, 2.24) is 0 Å². The molecule has 2 heterocycles. The van der Waals surface area contributed by atoms with Crippen LogP contribution in [0.5, 0.6) is 0 Å². The monoisotopic (exact) mass is 646 g/mol. The summed E-state index contributed by atoms with van der Waals surface area (Å²) in [5.74, 6) is -8.80. The lowest BCUT2D eigenvalue weighted by Gasteiger charge is -2.67. The highest BCUT2D eigenvalue weighted by Gasteiger charge is 2.86. The number of fused-ring (bicyclic) bond motifs is 2. The van der Waals surface area contributed by atoms with Gasteiger partial charge in [0.15, 0.2) is 17.6 Å². The van der Waals surface area contributed by atoms with Crippen LogP contribution in [-0.2, 0) is 66.7 Å². The number of hydrogen-bond donors (Lipinski definition) is 0. The highest BCUT2D eigenvalue weighted by atomic mass is 16.6. The predicted molar refractivity (Wildman–Crippen MR) is 151 cm³/mol. The lowest BCUT2D eigenvalue weighted by molar-refractivity contribution is -0.294. The normalized spacial score (nSPS) is 38.7. The molecule has 0 amide bonds. The van der Waals surface area contributed by atoms with Gasteiger partial charge in [0, 0.05) is 44.6 Å². The van der Waals surface area contributed by atoms with Gasteiger partial charge < -0.3 is 33.2 Å². The van der Waals surface area contributed by atoms with Gasteiger partial charge in [0.25, 0.3) is 0 Å². The van der Waals surface area contributed by atoms with Crippen LogP contribution in [0.25, 0.3) is 0 Å². The molecule has 0 aromatic carbocycles. The van der Waals surface area contributed by atoms with E-state index in [-0.39, 0.29) is 25.2 Å². The smallest absolute Gasteiger partial charge is 0.348 e. The van der Waals surface area contributed by atoms with Gasteiger partial charge in [-0.05, 0) is 44.1 Å². The topological polar surface area (TPSA) is 184 Å². The van der Waals surface area contributed by atoms with E-state index in [1.807, 2.05) is 0 Å². The first-order valence-electron chi connectivity index (χ1n) is 15.0. The van der Waals surface area contributed by atoms with Crippen molar-refractivity contribution in [2.24, 2.45) is 28.6 Å². The fourth-order valence-corrected chi connectivity index (χ4v) is 9.12. The van der Waals surface area contributed by atoms with Crippen LogP contribution in [0, 0.1) is 28.6 Å². The largest absolute Gasteiger partial charge is 0.467 e. The van der Waals surface area contributed by atoms with E-state index in [0.29, 0.717) is 11.1 Å². The standard InChI is InChI=1S/C32H38O14/c1-13(2)9-21(37)46-24-26-31-12-41-32(26,29(39)40-8)27(44-17(6)35)23(43-16(5)34)25(31)30(7)11-19(36)22(42-15(4)33)14(3)18(30)10-20(31)45-28(24)38/h9,18,20,23-27H,10-12H2,1-8H3/t18-,20+,23+,24+,25+,26+,27-,30-,31+,32-/m0/s1. The quantitative estimate of drug-likeness (QED) is 0.231. The van der Waals surface area contributed by atoms with Crippen molar-refractivity contribution in [2.45, 2.75) is 91.3 Å². The molecule has 1 spiro atoms. The zero-order chi connectivity index (χ0) is 34.1. The van der Waals surface area contributed by atoms with Crippen molar-refractivity contribution in [3.63, 3.8) is 0 Å². The number of ketones is 1. The Morgan fingerprint density at radius 1 is 0.913 bits per heavy atom. The molecule has 46 heavy (non-hydrogen) atoms. The van der Waals surface area contributed by atoms with Gasteiger partial charge in [0.05, 0.1) is 19.6 Å². The molecular weight excluding hydrogens is 608 g/mol. The molecule has 2 aliphatic heterocycles. The maximum absolute atomic E-state index is 14.0. The summed E-state index contributed by atoms with van der Waals surface area (Å²) in [6.45, 7) is 9.84. The lowest BCUT2D eigenvalue weighted by Crippen LogP contribution is -2.80. The van der Waals surface area contributed by atoms with Crippen molar-refractivity contribution in [2.75, 3.05) is 13.7 Å². The van der Waals surface area contributed by atoms with E-state index in [4.69, 9.17) is 33.2 Å². The van der Waals surface area contributed by atoms with Crippen LogP contribution in [0.3, 0.4) is 0 Å². The summed E-state index contributed by atoms with van der Waals surface area (Å²) in [4.78, 5) is 91.9. The Kier molecular flexibility index (Phi) is 8.19. The average Bonchev–Trinajstić information content (AvgIpc) is 3.23. The second kappa shape index (κ2) is 11.3.